The van der Waals surface area contributed by atoms with Crippen LogP contribution in [0.25, 0.3) is 0 Å². The predicted molar refractivity (Wildman–Crippen MR) is 85.7 cm³/mol. The molecule has 2 rings (SSSR count). The van der Waals surface area contributed by atoms with Crippen molar-refractivity contribution in [2.45, 2.75) is 6.92 Å². The second-order valence-corrected chi connectivity index (χ2v) is 5.88. The van der Waals surface area contributed by atoms with E-state index in [1.807, 2.05) is 49.4 Å². The minimum absolute atomic E-state index is 0.261. The number of amides is 2. The summed E-state index contributed by atoms with van der Waals surface area (Å²) in [5, 5.41) is 5.60. The Morgan fingerprint density at radius 1 is 1.00 bits per heavy atom. The number of aryl methyl sites for hydroxylation is 1. The number of halogens is 2. The van der Waals surface area contributed by atoms with Crippen molar-refractivity contribution in [1.29, 1.82) is 0 Å². The Balaban J connectivity index is 2.05. The molecule has 0 atom stereocenters. The van der Waals surface area contributed by atoms with E-state index < -0.39 is 0 Å². The number of urea groups is 1. The number of benzene rings is 2. The standard InChI is InChI=1S/C14H12Br2N2O/c1-9-7-11(16)5-6-13(9)18-14(19)17-12-4-2-3-10(15)8-12/h2-8H,1H3,(H2,17,18,19). The maximum absolute atomic E-state index is 11.9. The maximum Gasteiger partial charge on any atom is 0.323 e. The Hall–Kier alpha value is -1.33. The molecule has 2 N–H and O–H groups in total. The van der Waals surface area contributed by atoms with Crippen LogP contribution < -0.4 is 10.6 Å². The van der Waals surface area contributed by atoms with E-state index in [1.165, 1.54) is 0 Å². The second kappa shape index (κ2) is 6.21. The number of carbonyl (C=O) groups excluding carboxylic acids is 1. The predicted octanol–water partition coefficient (Wildman–Crippen LogP) is 5.16. The normalized spacial score (nSPS) is 10.1. The van der Waals surface area contributed by atoms with Crippen molar-refractivity contribution >= 4 is 49.3 Å². The van der Waals surface area contributed by atoms with Gasteiger partial charge in [-0.2, -0.15) is 0 Å². The van der Waals surface area contributed by atoms with Gasteiger partial charge >= 0.3 is 6.03 Å². The SMILES string of the molecule is Cc1cc(Br)ccc1NC(=O)Nc1cccc(Br)c1. The van der Waals surface area contributed by atoms with Gasteiger partial charge in [0.05, 0.1) is 0 Å². The first-order valence-electron chi connectivity index (χ1n) is 5.64. The summed E-state index contributed by atoms with van der Waals surface area (Å²) in [5.74, 6) is 0. The molecule has 0 aliphatic heterocycles. The summed E-state index contributed by atoms with van der Waals surface area (Å²) in [4.78, 5) is 11.9. The molecule has 0 saturated heterocycles. The molecule has 0 aliphatic rings. The Bertz CT molecular complexity index is 614. The van der Waals surface area contributed by atoms with Gasteiger partial charge < -0.3 is 10.6 Å². The zero-order valence-electron chi connectivity index (χ0n) is 10.2. The third kappa shape index (κ3) is 4.08. The van der Waals surface area contributed by atoms with Crippen LogP contribution in [0.5, 0.6) is 0 Å². The number of carbonyl (C=O) groups is 1. The van der Waals surface area contributed by atoms with E-state index >= 15 is 0 Å². The monoisotopic (exact) mass is 382 g/mol. The number of anilines is 2. The van der Waals surface area contributed by atoms with Gasteiger partial charge in [0.15, 0.2) is 0 Å². The first kappa shape index (κ1) is 14.1. The van der Waals surface area contributed by atoms with Crippen LogP contribution in [0, 0.1) is 6.92 Å². The molecule has 3 nitrogen and oxygen atoms in total. The highest BCUT2D eigenvalue weighted by Gasteiger charge is 2.05. The van der Waals surface area contributed by atoms with E-state index in [1.54, 1.807) is 0 Å². The Morgan fingerprint density at radius 2 is 1.74 bits per heavy atom. The fourth-order valence-electron chi connectivity index (χ4n) is 1.62. The zero-order valence-corrected chi connectivity index (χ0v) is 13.4. The maximum atomic E-state index is 11.9. The molecular formula is C14H12Br2N2O. The molecule has 2 amide bonds. The molecule has 0 saturated carbocycles. The van der Waals surface area contributed by atoms with Crippen molar-refractivity contribution in [3.05, 3.63) is 57.0 Å². The van der Waals surface area contributed by atoms with E-state index in [-0.39, 0.29) is 6.03 Å². The molecule has 19 heavy (non-hydrogen) atoms. The fraction of sp³-hybridized carbons (Fsp3) is 0.0714. The van der Waals surface area contributed by atoms with Gasteiger partial charge in [-0.15, -0.1) is 0 Å². The highest BCUT2D eigenvalue weighted by atomic mass is 79.9. The summed E-state index contributed by atoms with van der Waals surface area (Å²) in [7, 11) is 0. The van der Waals surface area contributed by atoms with Gasteiger partial charge in [0.1, 0.15) is 0 Å². The molecule has 2 aromatic carbocycles. The van der Waals surface area contributed by atoms with Crippen molar-refractivity contribution in [1.82, 2.24) is 0 Å². The van der Waals surface area contributed by atoms with Crippen molar-refractivity contribution in [3.8, 4) is 0 Å². The van der Waals surface area contributed by atoms with Crippen molar-refractivity contribution in [2.24, 2.45) is 0 Å². The number of rotatable bonds is 2. The van der Waals surface area contributed by atoms with E-state index in [4.69, 9.17) is 0 Å². The van der Waals surface area contributed by atoms with E-state index in [0.29, 0.717) is 0 Å². The Morgan fingerprint density at radius 3 is 2.42 bits per heavy atom. The summed E-state index contributed by atoms with van der Waals surface area (Å²) in [6.07, 6.45) is 0. The van der Waals surface area contributed by atoms with E-state index in [9.17, 15) is 4.79 Å². The topological polar surface area (TPSA) is 41.1 Å². The lowest BCUT2D eigenvalue weighted by Crippen LogP contribution is -2.19. The van der Waals surface area contributed by atoms with Crippen LogP contribution in [0.1, 0.15) is 5.56 Å². The molecular weight excluding hydrogens is 372 g/mol. The Kier molecular flexibility index (Phi) is 4.61. The highest BCUT2D eigenvalue weighted by Crippen LogP contribution is 2.21. The van der Waals surface area contributed by atoms with Crippen molar-refractivity contribution < 1.29 is 4.79 Å². The Labute approximate surface area is 128 Å². The smallest absolute Gasteiger partial charge is 0.308 e. The van der Waals surface area contributed by atoms with Gasteiger partial charge in [-0.25, -0.2) is 4.79 Å². The minimum Gasteiger partial charge on any atom is -0.308 e. The molecule has 5 heteroatoms. The van der Waals surface area contributed by atoms with Gasteiger partial charge in [-0.05, 0) is 48.9 Å². The first-order valence-corrected chi connectivity index (χ1v) is 7.23. The lowest BCUT2D eigenvalue weighted by atomic mass is 10.2. The highest BCUT2D eigenvalue weighted by molar-refractivity contribution is 9.10. The van der Waals surface area contributed by atoms with E-state index in [2.05, 4.69) is 42.5 Å². The van der Waals surface area contributed by atoms with Crippen LogP contribution >= 0.6 is 31.9 Å². The second-order valence-electron chi connectivity index (χ2n) is 4.05. The van der Waals surface area contributed by atoms with Crippen molar-refractivity contribution in [3.63, 3.8) is 0 Å². The summed E-state index contributed by atoms with van der Waals surface area (Å²) in [6, 6.07) is 12.9. The third-order valence-electron chi connectivity index (χ3n) is 2.52. The summed E-state index contributed by atoms with van der Waals surface area (Å²) in [5.41, 5.74) is 2.52. The molecule has 0 fully saturated rings. The molecule has 0 aliphatic carbocycles. The third-order valence-corrected chi connectivity index (χ3v) is 3.51. The van der Waals surface area contributed by atoms with Gasteiger partial charge in [0, 0.05) is 20.3 Å². The van der Waals surface area contributed by atoms with Gasteiger partial charge in [-0.1, -0.05) is 37.9 Å². The lowest BCUT2D eigenvalue weighted by Gasteiger charge is -2.10. The number of hydrogen-bond donors (Lipinski definition) is 2. The van der Waals surface area contributed by atoms with Gasteiger partial charge in [0.25, 0.3) is 0 Å². The van der Waals surface area contributed by atoms with Crippen LogP contribution in [0.2, 0.25) is 0 Å². The van der Waals surface area contributed by atoms with Crippen LogP contribution in [-0.4, -0.2) is 6.03 Å². The summed E-state index contributed by atoms with van der Waals surface area (Å²) < 4.78 is 1.91. The summed E-state index contributed by atoms with van der Waals surface area (Å²) >= 11 is 6.75. The van der Waals surface area contributed by atoms with Crippen LogP contribution in [0.3, 0.4) is 0 Å². The van der Waals surface area contributed by atoms with Gasteiger partial charge in [0.2, 0.25) is 0 Å². The first-order chi connectivity index (χ1) is 9.04. The van der Waals surface area contributed by atoms with Crippen LogP contribution in [-0.2, 0) is 0 Å². The average molecular weight is 384 g/mol. The quantitative estimate of drug-likeness (QED) is 0.738. The molecule has 0 spiro atoms. The molecule has 0 bridgehead atoms. The molecule has 98 valence electrons. The molecule has 0 unspecified atom stereocenters. The minimum atomic E-state index is -0.261. The van der Waals surface area contributed by atoms with Gasteiger partial charge in [-0.3, -0.25) is 0 Å². The lowest BCUT2D eigenvalue weighted by molar-refractivity contribution is 0.262. The average Bonchev–Trinajstić information content (AvgIpc) is 2.33. The van der Waals surface area contributed by atoms with Crippen LogP contribution in [0.15, 0.2) is 51.4 Å². The molecule has 0 radical (unpaired) electrons. The summed E-state index contributed by atoms with van der Waals surface area (Å²) in [6.45, 7) is 1.94. The largest absolute Gasteiger partial charge is 0.323 e. The van der Waals surface area contributed by atoms with E-state index in [0.717, 1.165) is 25.9 Å². The number of hydrogen-bond acceptors (Lipinski definition) is 1. The molecule has 2 aromatic rings. The molecule has 0 aromatic heterocycles. The zero-order chi connectivity index (χ0) is 13.8. The number of nitrogens with one attached hydrogen (secondary N) is 2. The van der Waals surface area contributed by atoms with Crippen LogP contribution in [0.4, 0.5) is 16.2 Å². The molecule has 0 heterocycles. The fourth-order valence-corrected chi connectivity index (χ4v) is 2.49. The van der Waals surface area contributed by atoms with Crippen molar-refractivity contribution in [2.75, 3.05) is 10.6 Å².